The summed E-state index contributed by atoms with van der Waals surface area (Å²) in [5.74, 6) is 0.121. The van der Waals surface area contributed by atoms with Crippen molar-refractivity contribution in [1.29, 1.82) is 0 Å². The molecule has 0 unspecified atom stereocenters. The lowest BCUT2D eigenvalue weighted by Gasteiger charge is -2.15. The third-order valence-electron chi connectivity index (χ3n) is 3.23. The van der Waals surface area contributed by atoms with E-state index in [0.29, 0.717) is 31.3 Å². The molecule has 8 heteroatoms. The first-order valence-electron chi connectivity index (χ1n) is 8.08. The van der Waals surface area contributed by atoms with Gasteiger partial charge in [0.05, 0.1) is 13.1 Å². The molecular formula is C17H28FIN4O2. The molecular weight excluding hydrogens is 438 g/mol. The van der Waals surface area contributed by atoms with Crippen molar-refractivity contribution < 1.29 is 13.9 Å². The molecule has 0 aromatic heterocycles. The van der Waals surface area contributed by atoms with Crippen molar-refractivity contribution in [2.45, 2.75) is 19.9 Å². The number of likely N-dealkylation sites (N-methyl/N-ethyl adjacent to an activating group) is 1. The molecule has 0 spiro atoms. The second-order valence-electron chi connectivity index (χ2n) is 5.38. The van der Waals surface area contributed by atoms with Crippen molar-refractivity contribution in [2.75, 3.05) is 40.4 Å². The van der Waals surface area contributed by atoms with Gasteiger partial charge in [-0.3, -0.25) is 4.79 Å². The fourth-order valence-corrected chi connectivity index (χ4v) is 1.81. The molecule has 1 aromatic rings. The number of ether oxygens (including phenoxy) is 1. The van der Waals surface area contributed by atoms with Gasteiger partial charge in [0.1, 0.15) is 5.82 Å². The fourth-order valence-electron chi connectivity index (χ4n) is 1.81. The second kappa shape index (κ2) is 13.8. The summed E-state index contributed by atoms with van der Waals surface area (Å²) in [4.78, 5) is 17.5. The van der Waals surface area contributed by atoms with E-state index in [0.717, 1.165) is 6.42 Å². The van der Waals surface area contributed by atoms with E-state index in [9.17, 15) is 9.18 Å². The van der Waals surface area contributed by atoms with Crippen LogP contribution in [0.25, 0.3) is 0 Å². The number of nitrogens with one attached hydrogen (secondary N) is 2. The van der Waals surface area contributed by atoms with E-state index >= 15 is 0 Å². The number of halogens is 2. The van der Waals surface area contributed by atoms with Gasteiger partial charge in [-0.2, -0.15) is 0 Å². The summed E-state index contributed by atoms with van der Waals surface area (Å²) in [5.41, 5.74) is 0.506. The standard InChI is InChI=1S/C17H27FN4O2.HI/c1-4-24-11-7-10-19-17(21-13-16(23)22(2)3)20-12-14-8-5-6-9-15(14)18;/h5-6,8-9H,4,7,10-13H2,1-3H3,(H2,19,20,21);1H. The van der Waals surface area contributed by atoms with Crippen molar-refractivity contribution in [2.24, 2.45) is 4.99 Å². The number of hydrogen-bond donors (Lipinski definition) is 2. The molecule has 0 aliphatic carbocycles. The molecule has 2 N–H and O–H groups in total. The lowest BCUT2D eigenvalue weighted by molar-refractivity contribution is -0.127. The summed E-state index contributed by atoms with van der Waals surface area (Å²) in [7, 11) is 3.38. The highest BCUT2D eigenvalue weighted by atomic mass is 127. The highest BCUT2D eigenvalue weighted by Crippen LogP contribution is 2.07. The maximum atomic E-state index is 13.7. The van der Waals surface area contributed by atoms with Crippen LogP contribution in [-0.2, 0) is 16.1 Å². The Kier molecular flexibility index (Phi) is 13.0. The Morgan fingerprint density at radius 3 is 2.64 bits per heavy atom. The molecule has 0 saturated carbocycles. The SMILES string of the molecule is CCOCCCNC(=NCc1ccccc1F)NCC(=O)N(C)C.I. The first-order chi connectivity index (χ1) is 11.5. The Morgan fingerprint density at radius 2 is 2.00 bits per heavy atom. The van der Waals surface area contributed by atoms with Gasteiger partial charge in [-0.1, -0.05) is 18.2 Å². The molecule has 1 rings (SSSR count). The van der Waals surface area contributed by atoms with Crippen molar-refractivity contribution in [3.05, 3.63) is 35.6 Å². The van der Waals surface area contributed by atoms with Gasteiger partial charge in [0, 0.05) is 39.4 Å². The molecule has 0 radical (unpaired) electrons. The number of aliphatic imine (C=N–C) groups is 1. The molecule has 0 bridgehead atoms. The molecule has 0 fully saturated rings. The summed E-state index contributed by atoms with van der Waals surface area (Å²) < 4.78 is 18.9. The number of amides is 1. The number of carbonyl (C=O) groups is 1. The molecule has 0 aliphatic heterocycles. The van der Waals surface area contributed by atoms with E-state index in [4.69, 9.17) is 4.74 Å². The van der Waals surface area contributed by atoms with E-state index in [1.54, 1.807) is 32.3 Å². The van der Waals surface area contributed by atoms with Crippen LogP contribution >= 0.6 is 24.0 Å². The zero-order chi connectivity index (χ0) is 17.8. The number of guanidine groups is 1. The third-order valence-corrected chi connectivity index (χ3v) is 3.23. The van der Waals surface area contributed by atoms with Gasteiger partial charge in [0.2, 0.25) is 5.91 Å². The number of hydrogen-bond acceptors (Lipinski definition) is 3. The van der Waals surface area contributed by atoms with E-state index in [1.165, 1.54) is 11.0 Å². The van der Waals surface area contributed by atoms with Crippen LogP contribution in [0, 0.1) is 5.82 Å². The lowest BCUT2D eigenvalue weighted by Crippen LogP contribution is -2.43. The van der Waals surface area contributed by atoms with Crippen LogP contribution in [0.1, 0.15) is 18.9 Å². The zero-order valence-electron chi connectivity index (χ0n) is 15.0. The van der Waals surface area contributed by atoms with E-state index in [2.05, 4.69) is 15.6 Å². The molecule has 0 atom stereocenters. The maximum Gasteiger partial charge on any atom is 0.241 e. The monoisotopic (exact) mass is 466 g/mol. The van der Waals surface area contributed by atoms with Crippen LogP contribution in [0.2, 0.25) is 0 Å². The molecule has 25 heavy (non-hydrogen) atoms. The average molecular weight is 466 g/mol. The molecule has 1 aromatic carbocycles. The zero-order valence-corrected chi connectivity index (χ0v) is 17.4. The molecule has 0 aliphatic rings. The maximum absolute atomic E-state index is 13.7. The van der Waals surface area contributed by atoms with Gasteiger partial charge in [0.15, 0.2) is 5.96 Å². The van der Waals surface area contributed by atoms with Crippen LogP contribution < -0.4 is 10.6 Å². The fraction of sp³-hybridized carbons (Fsp3) is 0.529. The largest absolute Gasteiger partial charge is 0.382 e. The van der Waals surface area contributed by atoms with Crippen LogP contribution in [-0.4, -0.2) is 57.2 Å². The van der Waals surface area contributed by atoms with Gasteiger partial charge < -0.3 is 20.3 Å². The van der Waals surface area contributed by atoms with Crippen molar-refractivity contribution in [3.63, 3.8) is 0 Å². The third kappa shape index (κ3) is 10.2. The van der Waals surface area contributed by atoms with Gasteiger partial charge in [-0.25, -0.2) is 9.38 Å². The van der Waals surface area contributed by atoms with E-state index in [-0.39, 0.29) is 48.8 Å². The Hall–Kier alpha value is -1.42. The second-order valence-corrected chi connectivity index (χ2v) is 5.38. The van der Waals surface area contributed by atoms with E-state index in [1.807, 2.05) is 6.92 Å². The highest BCUT2D eigenvalue weighted by molar-refractivity contribution is 14.0. The summed E-state index contributed by atoms with van der Waals surface area (Å²) in [6.45, 7) is 4.26. The average Bonchev–Trinajstić information content (AvgIpc) is 2.57. The molecule has 6 nitrogen and oxygen atoms in total. The summed E-state index contributed by atoms with van der Waals surface area (Å²) in [6.07, 6.45) is 0.815. The predicted molar refractivity (Wildman–Crippen MR) is 109 cm³/mol. The van der Waals surface area contributed by atoms with Crippen LogP contribution in [0.3, 0.4) is 0 Å². The van der Waals surface area contributed by atoms with Gasteiger partial charge in [0.25, 0.3) is 0 Å². The van der Waals surface area contributed by atoms with Gasteiger partial charge >= 0.3 is 0 Å². The summed E-state index contributed by atoms with van der Waals surface area (Å²) in [5, 5.41) is 6.09. The van der Waals surface area contributed by atoms with Crippen LogP contribution in [0.5, 0.6) is 0 Å². The molecule has 0 heterocycles. The number of rotatable bonds is 9. The summed E-state index contributed by atoms with van der Waals surface area (Å²) >= 11 is 0. The van der Waals surface area contributed by atoms with E-state index < -0.39 is 0 Å². The predicted octanol–water partition coefficient (Wildman–Crippen LogP) is 1.99. The quantitative estimate of drug-likeness (QED) is 0.253. The Balaban J connectivity index is 0.00000576. The lowest BCUT2D eigenvalue weighted by atomic mass is 10.2. The molecule has 142 valence electrons. The first kappa shape index (κ1) is 23.6. The minimum atomic E-state index is -0.290. The Labute approximate surface area is 166 Å². The molecule has 1 amide bonds. The first-order valence-corrected chi connectivity index (χ1v) is 8.08. The number of carbonyl (C=O) groups excluding carboxylic acids is 1. The van der Waals surface area contributed by atoms with Gasteiger partial charge in [-0.15, -0.1) is 24.0 Å². The molecule has 0 saturated heterocycles. The normalized spacial score (nSPS) is 10.8. The Morgan fingerprint density at radius 1 is 1.28 bits per heavy atom. The topological polar surface area (TPSA) is 66.0 Å². The van der Waals surface area contributed by atoms with Crippen molar-refractivity contribution in [1.82, 2.24) is 15.5 Å². The number of nitrogens with zero attached hydrogens (tertiary/aromatic N) is 2. The number of benzene rings is 1. The minimum Gasteiger partial charge on any atom is -0.382 e. The highest BCUT2D eigenvalue weighted by Gasteiger charge is 2.06. The van der Waals surface area contributed by atoms with Gasteiger partial charge in [-0.05, 0) is 19.4 Å². The van der Waals surface area contributed by atoms with Crippen LogP contribution in [0.4, 0.5) is 4.39 Å². The van der Waals surface area contributed by atoms with Crippen molar-refractivity contribution in [3.8, 4) is 0 Å². The summed E-state index contributed by atoms with van der Waals surface area (Å²) in [6, 6.07) is 6.51. The smallest absolute Gasteiger partial charge is 0.241 e. The minimum absolute atomic E-state index is 0. The Bertz CT molecular complexity index is 541. The van der Waals surface area contributed by atoms with Crippen molar-refractivity contribution >= 4 is 35.8 Å². The van der Waals surface area contributed by atoms with Crippen LogP contribution in [0.15, 0.2) is 29.3 Å².